The molecule has 0 bridgehead atoms. The van der Waals surface area contributed by atoms with Crippen LogP contribution in [-0.2, 0) is 9.53 Å². The SMILES string of the molecule is C[C@@H]1CN(CC(=O)N[C@]23CCCC2[C@H]2CCC4[C@@]5(C)CC=C(c6ccc(C(=O)O)cc6)C(C)(C)C5CC[C@@]4(C)[C@]2(C)CC3)C[C@H](C)O1. The van der Waals surface area contributed by atoms with Crippen LogP contribution in [0, 0.1) is 45.3 Å². The molecule has 1 aromatic rings. The number of benzene rings is 1. The van der Waals surface area contributed by atoms with E-state index in [4.69, 9.17) is 4.74 Å². The largest absolute Gasteiger partial charge is 0.478 e. The molecule has 0 radical (unpaired) electrons. The molecule has 258 valence electrons. The average molecular weight is 645 g/mol. The molecule has 2 N–H and O–H groups in total. The molecule has 4 saturated carbocycles. The molecular weight excluding hydrogens is 584 g/mol. The van der Waals surface area contributed by atoms with E-state index < -0.39 is 5.97 Å². The van der Waals surface area contributed by atoms with Gasteiger partial charge in [-0.2, -0.15) is 0 Å². The molecule has 1 amide bonds. The van der Waals surface area contributed by atoms with Gasteiger partial charge >= 0.3 is 5.97 Å². The Morgan fingerprint density at radius 1 is 0.851 bits per heavy atom. The van der Waals surface area contributed by atoms with Crippen molar-refractivity contribution < 1.29 is 19.4 Å². The van der Waals surface area contributed by atoms with Crippen LogP contribution in [0.2, 0.25) is 0 Å². The van der Waals surface area contributed by atoms with Crippen LogP contribution in [0.3, 0.4) is 0 Å². The van der Waals surface area contributed by atoms with Crippen molar-refractivity contribution in [1.82, 2.24) is 10.2 Å². The van der Waals surface area contributed by atoms with E-state index in [1.807, 2.05) is 12.1 Å². The lowest BCUT2D eigenvalue weighted by Gasteiger charge is -2.72. The van der Waals surface area contributed by atoms with E-state index in [0.717, 1.165) is 32.4 Å². The Morgan fingerprint density at radius 2 is 1.55 bits per heavy atom. The van der Waals surface area contributed by atoms with E-state index in [-0.39, 0.29) is 45.3 Å². The lowest BCUT2D eigenvalue weighted by Crippen LogP contribution is -2.68. The van der Waals surface area contributed by atoms with E-state index in [1.165, 1.54) is 56.1 Å². The second kappa shape index (κ2) is 11.4. The van der Waals surface area contributed by atoms with Gasteiger partial charge in [0, 0.05) is 18.6 Å². The molecule has 0 spiro atoms. The van der Waals surface area contributed by atoms with Crippen LogP contribution in [0.4, 0.5) is 0 Å². The Morgan fingerprint density at radius 3 is 2.23 bits per heavy atom. The number of ether oxygens (including phenoxy) is 1. The lowest BCUT2D eigenvalue weighted by molar-refractivity contribution is -0.217. The number of rotatable bonds is 5. The maximum Gasteiger partial charge on any atom is 0.335 e. The number of carbonyl (C=O) groups excluding carboxylic acids is 1. The number of morpholine rings is 1. The summed E-state index contributed by atoms with van der Waals surface area (Å²) in [4.78, 5) is 27.5. The molecule has 1 aliphatic heterocycles. The quantitative estimate of drug-likeness (QED) is 0.338. The highest BCUT2D eigenvalue weighted by molar-refractivity contribution is 5.88. The predicted octanol–water partition coefficient (Wildman–Crippen LogP) is 8.21. The number of nitrogens with one attached hydrogen (secondary N) is 1. The summed E-state index contributed by atoms with van der Waals surface area (Å²) in [6.07, 6.45) is 15.0. The zero-order chi connectivity index (χ0) is 33.6. The third-order valence-electron chi connectivity index (χ3n) is 15.6. The Kier molecular flexibility index (Phi) is 8.11. The van der Waals surface area contributed by atoms with E-state index >= 15 is 0 Å². The molecule has 6 aliphatic rings. The Balaban J connectivity index is 1.12. The topological polar surface area (TPSA) is 78.9 Å². The molecule has 6 heteroatoms. The lowest BCUT2D eigenvalue weighted by atomic mass is 9.33. The minimum atomic E-state index is -0.867. The van der Waals surface area contributed by atoms with Crippen molar-refractivity contribution >= 4 is 17.4 Å². The summed E-state index contributed by atoms with van der Waals surface area (Å²) < 4.78 is 5.93. The molecule has 5 aliphatic carbocycles. The molecule has 7 rings (SSSR count). The number of carboxylic acids is 1. The van der Waals surface area contributed by atoms with Crippen molar-refractivity contribution in [2.75, 3.05) is 19.6 Å². The van der Waals surface area contributed by atoms with Crippen LogP contribution in [0.25, 0.3) is 5.57 Å². The smallest absolute Gasteiger partial charge is 0.335 e. The van der Waals surface area contributed by atoms with Crippen LogP contribution in [-0.4, -0.2) is 59.3 Å². The Bertz CT molecular complexity index is 1420. The van der Waals surface area contributed by atoms with E-state index in [1.54, 1.807) is 12.1 Å². The van der Waals surface area contributed by atoms with Gasteiger partial charge in [0.1, 0.15) is 0 Å². The standard InChI is InChI=1S/C41H60N2O4/c1-26-23-43(24-27(2)47-26)25-35(44)42-41-18-8-9-32(41)31-14-15-34-38(5)19-16-30(28-10-12-29(13-11-28)36(45)46)37(3,4)33(38)17-20-40(34,7)39(31,6)21-22-41/h10-13,16,26-27,31-34H,8-9,14-15,17-25H2,1-7H3,(H,42,44)(H,45,46)/t26-,27+,31-,32?,33?,34?,38+,39-,40-,41+/m1/s1. The summed E-state index contributed by atoms with van der Waals surface area (Å²) >= 11 is 0. The average Bonchev–Trinajstić information content (AvgIpc) is 3.40. The van der Waals surface area contributed by atoms with Crippen molar-refractivity contribution in [3.05, 3.63) is 41.5 Å². The van der Waals surface area contributed by atoms with Gasteiger partial charge < -0.3 is 15.2 Å². The maximum atomic E-state index is 13.7. The summed E-state index contributed by atoms with van der Waals surface area (Å²) in [7, 11) is 0. The van der Waals surface area contributed by atoms with Gasteiger partial charge in [0.05, 0.1) is 24.3 Å². The fourth-order valence-electron chi connectivity index (χ4n) is 13.6. The van der Waals surface area contributed by atoms with Gasteiger partial charge in [-0.1, -0.05) is 59.2 Å². The van der Waals surface area contributed by atoms with Gasteiger partial charge in [-0.3, -0.25) is 9.69 Å². The van der Waals surface area contributed by atoms with Gasteiger partial charge in [0.2, 0.25) is 5.91 Å². The van der Waals surface area contributed by atoms with Gasteiger partial charge in [0.25, 0.3) is 0 Å². The van der Waals surface area contributed by atoms with Crippen LogP contribution in [0.1, 0.15) is 129 Å². The molecule has 1 heterocycles. The van der Waals surface area contributed by atoms with Crippen LogP contribution < -0.4 is 5.32 Å². The zero-order valence-corrected chi connectivity index (χ0v) is 30.2. The Hall–Kier alpha value is -2.18. The molecule has 0 aromatic heterocycles. The number of fused-ring (bicyclic) bond motifs is 7. The first kappa shape index (κ1) is 33.3. The number of hydrogen-bond acceptors (Lipinski definition) is 4. The van der Waals surface area contributed by atoms with Gasteiger partial charge in [0.15, 0.2) is 0 Å². The summed E-state index contributed by atoms with van der Waals surface area (Å²) in [6, 6.07) is 7.58. The minimum Gasteiger partial charge on any atom is -0.478 e. The predicted molar refractivity (Wildman–Crippen MR) is 187 cm³/mol. The molecule has 10 atom stereocenters. The molecule has 1 aromatic carbocycles. The fraction of sp³-hybridized carbons (Fsp3) is 0.756. The number of allylic oxidation sites excluding steroid dienone is 2. The first-order chi connectivity index (χ1) is 22.1. The van der Waals surface area contributed by atoms with Gasteiger partial charge in [-0.15, -0.1) is 0 Å². The van der Waals surface area contributed by atoms with Gasteiger partial charge in [-0.25, -0.2) is 4.79 Å². The van der Waals surface area contributed by atoms with Gasteiger partial charge in [-0.05, 0) is 140 Å². The van der Waals surface area contributed by atoms with Crippen molar-refractivity contribution in [2.24, 2.45) is 45.3 Å². The van der Waals surface area contributed by atoms with Crippen LogP contribution in [0.15, 0.2) is 30.3 Å². The summed E-state index contributed by atoms with van der Waals surface area (Å²) in [5, 5.41) is 13.2. The highest BCUT2D eigenvalue weighted by Gasteiger charge is 2.69. The van der Waals surface area contributed by atoms with Crippen molar-refractivity contribution in [3.63, 3.8) is 0 Å². The molecule has 5 fully saturated rings. The second-order valence-electron chi connectivity index (χ2n) is 18.2. The number of hydrogen-bond donors (Lipinski definition) is 2. The Labute approximate surface area is 283 Å². The van der Waals surface area contributed by atoms with Crippen molar-refractivity contribution in [3.8, 4) is 0 Å². The van der Waals surface area contributed by atoms with E-state index in [9.17, 15) is 14.7 Å². The third-order valence-corrected chi connectivity index (χ3v) is 15.6. The fourth-order valence-corrected chi connectivity index (χ4v) is 13.6. The van der Waals surface area contributed by atoms with Crippen LogP contribution in [0.5, 0.6) is 0 Å². The number of amides is 1. The van der Waals surface area contributed by atoms with Crippen molar-refractivity contribution in [2.45, 2.75) is 130 Å². The second-order valence-corrected chi connectivity index (χ2v) is 18.2. The molecule has 1 saturated heterocycles. The first-order valence-corrected chi connectivity index (χ1v) is 18.9. The monoisotopic (exact) mass is 644 g/mol. The molecule has 47 heavy (non-hydrogen) atoms. The summed E-state index contributed by atoms with van der Waals surface area (Å²) in [5.41, 5.74) is 3.71. The minimum absolute atomic E-state index is 0.0182. The third kappa shape index (κ3) is 5.08. The molecule has 6 nitrogen and oxygen atoms in total. The highest BCUT2D eigenvalue weighted by atomic mass is 16.5. The van der Waals surface area contributed by atoms with Crippen LogP contribution >= 0.6 is 0 Å². The highest BCUT2D eigenvalue weighted by Crippen LogP contribution is 2.76. The van der Waals surface area contributed by atoms with Crippen molar-refractivity contribution in [1.29, 1.82) is 0 Å². The maximum absolute atomic E-state index is 13.7. The first-order valence-electron chi connectivity index (χ1n) is 18.9. The number of aromatic carboxylic acids is 1. The molecule has 3 unspecified atom stereocenters. The summed E-state index contributed by atoms with van der Waals surface area (Å²) in [5.74, 6) is 1.87. The molecular formula is C41H60N2O4. The normalized spacial score (nSPS) is 44.3. The number of nitrogens with zero attached hydrogens (tertiary/aromatic N) is 1. The number of carboxylic acid groups (broad SMARTS) is 1. The van der Waals surface area contributed by atoms with E-state index in [0.29, 0.717) is 35.8 Å². The summed E-state index contributed by atoms with van der Waals surface area (Å²) in [6.45, 7) is 19.3. The zero-order valence-electron chi connectivity index (χ0n) is 30.2. The van der Waals surface area contributed by atoms with E-state index in [2.05, 4.69) is 64.8 Å². The number of carbonyl (C=O) groups is 2.